The number of alkyl halides is 1. The summed E-state index contributed by atoms with van der Waals surface area (Å²) in [6.45, 7) is 2.55. The molecule has 9 heavy (non-hydrogen) atoms. The second kappa shape index (κ2) is 6.81. The number of rotatable bonds is 5. The van der Waals surface area contributed by atoms with Gasteiger partial charge in [-0.15, -0.1) is 0 Å². The van der Waals surface area contributed by atoms with Gasteiger partial charge in [-0.1, -0.05) is 29.5 Å². The Hall–Kier alpha value is 0.690. The molecule has 0 aromatic rings. The van der Waals surface area contributed by atoms with Crippen molar-refractivity contribution in [1.82, 2.24) is 0 Å². The fourth-order valence-corrected chi connectivity index (χ4v) is 1.23. The summed E-state index contributed by atoms with van der Waals surface area (Å²) in [5, 5.41) is 8.53. The molecule has 0 rings (SSSR count). The number of halogens is 1. The highest BCUT2D eigenvalue weighted by Gasteiger charge is 1.98. The second-order valence-corrected chi connectivity index (χ2v) is 3.53. The number of hydrogen-bond acceptors (Lipinski definition) is 1. The molecule has 0 amide bonds. The molecule has 0 aliphatic rings. The molecule has 0 radical (unpaired) electrons. The maximum atomic E-state index is 8.53. The van der Waals surface area contributed by atoms with Crippen LogP contribution in [0.15, 0.2) is 0 Å². The topological polar surface area (TPSA) is 20.2 Å². The van der Waals surface area contributed by atoms with Gasteiger partial charge in [0.1, 0.15) is 0 Å². The first-order valence-corrected chi connectivity index (χ1v) is 5.00. The molecular formula is C7H15IO. The summed E-state index contributed by atoms with van der Waals surface area (Å²) in [6.07, 6.45) is 3.53. The lowest BCUT2D eigenvalue weighted by molar-refractivity contribution is 0.258. The summed E-state index contributed by atoms with van der Waals surface area (Å²) < 4.78 is 1.24. The van der Waals surface area contributed by atoms with Crippen LogP contribution >= 0.6 is 22.6 Å². The average Bonchev–Trinajstić information content (AvgIpc) is 1.85. The molecule has 2 heteroatoms. The Kier molecular flexibility index (Phi) is 7.33. The van der Waals surface area contributed by atoms with E-state index in [0.717, 1.165) is 6.42 Å². The van der Waals surface area contributed by atoms with Gasteiger partial charge in [0.15, 0.2) is 0 Å². The molecule has 0 saturated carbocycles. The third kappa shape index (κ3) is 6.58. The molecule has 1 atom stereocenters. The predicted molar refractivity (Wildman–Crippen MR) is 49.0 cm³/mol. The zero-order valence-electron chi connectivity index (χ0n) is 5.94. The van der Waals surface area contributed by atoms with Gasteiger partial charge in [-0.2, -0.15) is 0 Å². The molecule has 0 aliphatic heterocycles. The molecule has 0 spiro atoms. The zero-order valence-corrected chi connectivity index (χ0v) is 8.10. The van der Waals surface area contributed by atoms with Gasteiger partial charge >= 0.3 is 0 Å². The van der Waals surface area contributed by atoms with Crippen LogP contribution in [0.4, 0.5) is 0 Å². The maximum absolute atomic E-state index is 8.53. The summed E-state index contributed by atoms with van der Waals surface area (Å²) in [5.74, 6) is 0.713. The van der Waals surface area contributed by atoms with Crippen LogP contribution in [0.3, 0.4) is 0 Å². The quantitative estimate of drug-likeness (QED) is 0.579. The number of hydrogen-bond donors (Lipinski definition) is 1. The standard InChI is InChI=1S/C7H15IO/c1-7(4-6-9)3-2-5-8/h7,9H,2-6H2,1H3/t7-/m0/s1. The van der Waals surface area contributed by atoms with Gasteiger partial charge in [-0.05, 0) is 29.6 Å². The Morgan fingerprint density at radius 2 is 2.11 bits per heavy atom. The predicted octanol–water partition coefficient (Wildman–Crippen LogP) is 2.22. The van der Waals surface area contributed by atoms with Crippen LogP contribution in [-0.2, 0) is 0 Å². The fraction of sp³-hybridized carbons (Fsp3) is 1.00. The van der Waals surface area contributed by atoms with Crippen LogP contribution in [0.1, 0.15) is 26.2 Å². The summed E-state index contributed by atoms with van der Waals surface area (Å²) in [6, 6.07) is 0. The molecule has 0 fully saturated rings. The summed E-state index contributed by atoms with van der Waals surface area (Å²) in [4.78, 5) is 0. The Morgan fingerprint density at radius 3 is 2.56 bits per heavy atom. The monoisotopic (exact) mass is 242 g/mol. The van der Waals surface area contributed by atoms with E-state index in [0.29, 0.717) is 12.5 Å². The molecule has 1 nitrogen and oxygen atoms in total. The zero-order chi connectivity index (χ0) is 7.11. The third-order valence-corrected chi connectivity index (χ3v) is 2.22. The summed E-state index contributed by atoms with van der Waals surface area (Å²) in [5.41, 5.74) is 0. The van der Waals surface area contributed by atoms with Crippen LogP contribution in [0, 0.1) is 5.92 Å². The lowest BCUT2D eigenvalue weighted by Crippen LogP contribution is -1.97. The average molecular weight is 242 g/mol. The first kappa shape index (κ1) is 9.69. The highest BCUT2D eigenvalue weighted by atomic mass is 127. The fourth-order valence-electron chi connectivity index (χ4n) is 0.790. The lowest BCUT2D eigenvalue weighted by Gasteiger charge is -2.06. The molecule has 0 aromatic heterocycles. The molecule has 0 aliphatic carbocycles. The SMILES string of the molecule is C[C@H](CCO)CCCI. The number of aliphatic hydroxyl groups is 1. The van der Waals surface area contributed by atoms with Gasteiger partial charge in [0.25, 0.3) is 0 Å². The van der Waals surface area contributed by atoms with Crippen molar-refractivity contribution in [3.05, 3.63) is 0 Å². The van der Waals surface area contributed by atoms with Gasteiger partial charge in [0, 0.05) is 6.61 Å². The van der Waals surface area contributed by atoms with E-state index in [9.17, 15) is 0 Å². The molecular weight excluding hydrogens is 227 g/mol. The Labute approximate surface area is 71.0 Å². The van der Waals surface area contributed by atoms with Crippen LogP contribution < -0.4 is 0 Å². The van der Waals surface area contributed by atoms with Crippen LogP contribution in [0.25, 0.3) is 0 Å². The summed E-state index contributed by atoms with van der Waals surface area (Å²) in [7, 11) is 0. The van der Waals surface area contributed by atoms with Crippen molar-refractivity contribution in [3.63, 3.8) is 0 Å². The first-order valence-electron chi connectivity index (χ1n) is 3.48. The molecule has 0 bridgehead atoms. The van der Waals surface area contributed by atoms with Gasteiger partial charge in [0.05, 0.1) is 0 Å². The largest absolute Gasteiger partial charge is 0.396 e. The Balaban J connectivity index is 2.95. The Morgan fingerprint density at radius 1 is 1.44 bits per heavy atom. The lowest BCUT2D eigenvalue weighted by atomic mass is 10.0. The minimum Gasteiger partial charge on any atom is -0.396 e. The van der Waals surface area contributed by atoms with Crippen LogP contribution in [0.2, 0.25) is 0 Å². The normalized spacial score (nSPS) is 13.7. The molecule has 1 N–H and O–H groups in total. The van der Waals surface area contributed by atoms with Gasteiger partial charge < -0.3 is 5.11 Å². The van der Waals surface area contributed by atoms with Crippen molar-refractivity contribution in [2.24, 2.45) is 5.92 Å². The van der Waals surface area contributed by atoms with Crippen molar-refractivity contribution in [3.8, 4) is 0 Å². The minimum absolute atomic E-state index is 0.350. The van der Waals surface area contributed by atoms with Crippen LogP contribution in [-0.4, -0.2) is 16.1 Å². The van der Waals surface area contributed by atoms with Crippen molar-refractivity contribution in [1.29, 1.82) is 0 Å². The van der Waals surface area contributed by atoms with E-state index < -0.39 is 0 Å². The van der Waals surface area contributed by atoms with E-state index in [2.05, 4.69) is 29.5 Å². The molecule has 0 heterocycles. The molecule has 0 aromatic carbocycles. The molecule has 0 unspecified atom stereocenters. The highest BCUT2D eigenvalue weighted by molar-refractivity contribution is 14.1. The van der Waals surface area contributed by atoms with Gasteiger partial charge in [-0.25, -0.2) is 0 Å². The van der Waals surface area contributed by atoms with Crippen molar-refractivity contribution in [2.45, 2.75) is 26.2 Å². The van der Waals surface area contributed by atoms with Crippen molar-refractivity contribution < 1.29 is 5.11 Å². The first-order chi connectivity index (χ1) is 4.31. The third-order valence-electron chi connectivity index (χ3n) is 1.45. The van der Waals surface area contributed by atoms with Crippen molar-refractivity contribution >= 4 is 22.6 Å². The molecule has 0 saturated heterocycles. The second-order valence-electron chi connectivity index (χ2n) is 2.45. The molecule has 56 valence electrons. The van der Waals surface area contributed by atoms with E-state index in [1.54, 1.807) is 0 Å². The van der Waals surface area contributed by atoms with E-state index in [1.807, 2.05) is 0 Å². The van der Waals surface area contributed by atoms with E-state index in [-0.39, 0.29) is 0 Å². The Bertz CT molecular complexity index is 56.9. The maximum Gasteiger partial charge on any atom is 0.0433 e. The minimum atomic E-state index is 0.350. The van der Waals surface area contributed by atoms with Gasteiger partial charge in [-0.3, -0.25) is 0 Å². The smallest absolute Gasteiger partial charge is 0.0433 e. The van der Waals surface area contributed by atoms with Gasteiger partial charge in [0.2, 0.25) is 0 Å². The van der Waals surface area contributed by atoms with E-state index in [1.165, 1.54) is 17.3 Å². The van der Waals surface area contributed by atoms with E-state index >= 15 is 0 Å². The number of aliphatic hydroxyl groups excluding tert-OH is 1. The summed E-state index contributed by atoms with van der Waals surface area (Å²) >= 11 is 2.39. The van der Waals surface area contributed by atoms with Crippen molar-refractivity contribution in [2.75, 3.05) is 11.0 Å². The highest BCUT2D eigenvalue weighted by Crippen LogP contribution is 2.09. The van der Waals surface area contributed by atoms with E-state index in [4.69, 9.17) is 5.11 Å². The van der Waals surface area contributed by atoms with Crippen LogP contribution in [0.5, 0.6) is 0 Å².